The number of ether oxygens (including phenoxy) is 2. The summed E-state index contributed by atoms with van der Waals surface area (Å²) in [5.74, 6) is 0. The lowest BCUT2D eigenvalue weighted by molar-refractivity contribution is -0.0343. The summed E-state index contributed by atoms with van der Waals surface area (Å²) in [6.45, 7) is 3.39. The van der Waals surface area contributed by atoms with E-state index in [0.717, 1.165) is 10.7 Å². The van der Waals surface area contributed by atoms with Gasteiger partial charge in [-0.15, -0.1) is 0 Å². The number of rotatable bonds is 3. The minimum Gasteiger partial charge on any atom is -0.350 e. The maximum Gasteiger partial charge on any atom is 0.164 e. The molecule has 0 aromatic heterocycles. The smallest absolute Gasteiger partial charge is 0.164 e. The van der Waals surface area contributed by atoms with Crippen molar-refractivity contribution in [2.75, 3.05) is 18.5 Å². The summed E-state index contributed by atoms with van der Waals surface area (Å²) in [5.41, 5.74) is 2.24. The van der Waals surface area contributed by atoms with E-state index < -0.39 is 0 Å². The molecule has 1 fully saturated rings. The van der Waals surface area contributed by atoms with Crippen molar-refractivity contribution in [2.24, 2.45) is 0 Å². The van der Waals surface area contributed by atoms with E-state index in [1.807, 2.05) is 24.3 Å². The molecule has 3 nitrogen and oxygen atoms in total. The van der Waals surface area contributed by atoms with Gasteiger partial charge in [-0.1, -0.05) is 29.9 Å². The molecule has 0 spiro atoms. The predicted octanol–water partition coefficient (Wildman–Crippen LogP) is 2.50. The standard InChI is InChI=1S/C12H15NO2S/c1-9-2-4-10(5-3-9)13-11(16)8-12-14-6-7-15-12/h2-5,12H,6-8H2,1H3,(H,13,16). The number of thiocarbonyl (C=S) groups is 1. The lowest BCUT2D eigenvalue weighted by atomic mass is 10.2. The van der Waals surface area contributed by atoms with Crippen molar-refractivity contribution in [3.63, 3.8) is 0 Å². The lowest BCUT2D eigenvalue weighted by Gasteiger charge is -2.12. The van der Waals surface area contributed by atoms with Crippen LogP contribution in [0, 0.1) is 6.92 Å². The zero-order valence-corrected chi connectivity index (χ0v) is 10.0. The zero-order valence-electron chi connectivity index (χ0n) is 9.23. The molecule has 1 aromatic rings. The van der Waals surface area contributed by atoms with Gasteiger partial charge in [0.25, 0.3) is 0 Å². The molecular formula is C12H15NO2S. The molecule has 1 heterocycles. The van der Waals surface area contributed by atoms with Crippen molar-refractivity contribution >= 4 is 22.9 Å². The molecule has 4 heteroatoms. The molecule has 1 aliphatic rings. The fraction of sp³-hybridized carbons (Fsp3) is 0.417. The molecule has 0 saturated carbocycles. The number of anilines is 1. The first-order chi connectivity index (χ1) is 7.74. The van der Waals surface area contributed by atoms with Gasteiger partial charge in [0.1, 0.15) is 0 Å². The van der Waals surface area contributed by atoms with Gasteiger partial charge in [0.15, 0.2) is 6.29 Å². The highest BCUT2D eigenvalue weighted by Crippen LogP contribution is 2.13. The third-order valence-corrected chi connectivity index (χ3v) is 2.65. The Morgan fingerprint density at radius 3 is 2.56 bits per heavy atom. The SMILES string of the molecule is Cc1ccc(NC(=S)CC2OCCO2)cc1. The molecule has 1 saturated heterocycles. The highest BCUT2D eigenvalue weighted by molar-refractivity contribution is 7.80. The van der Waals surface area contributed by atoms with E-state index in [2.05, 4.69) is 12.2 Å². The number of nitrogens with one attached hydrogen (secondary N) is 1. The van der Waals surface area contributed by atoms with Crippen LogP contribution in [0.15, 0.2) is 24.3 Å². The van der Waals surface area contributed by atoms with Crippen LogP contribution in [0.4, 0.5) is 5.69 Å². The fourth-order valence-electron chi connectivity index (χ4n) is 1.53. The van der Waals surface area contributed by atoms with E-state index in [1.54, 1.807) is 0 Å². The Kier molecular flexibility index (Phi) is 3.88. The molecule has 0 amide bonds. The second-order valence-electron chi connectivity index (χ2n) is 3.79. The highest BCUT2D eigenvalue weighted by Gasteiger charge is 2.17. The molecule has 0 bridgehead atoms. The summed E-state index contributed by atoms with van der Waals surface area (Å²) in [5, 5.41) is 3.17. The van der Waals surface area contributed by atoms with Gasteiger partial charge in [-0.3, -0.25) is 0 Å². The van der Waals surface area contributed by atoms with E-state index in [4.69, 9.17) is 21.7 Å². The molecule has 0 unspecified atom stereocenters. The fourth-order valence-corrected chi connectivity index (χ4v) is 1.78. The molecule has 2 rings (SSSR count). The van der Waals surface area contributed by atoms with Crippen LogP contribution in [0.3, 0.4) is 0 Å². The third kappa shape index (κ3) is 3.27. The largest absolute Gasteiger partial charge is 0.350 e. The quantitative estimate of drug-likeness (QED) is 0.818. The summed E-state index contributed by atoms with van der Waals surface area (Å²) in [4.78, 5) is 0.746. The van der Waals surface area contributed by atoms with E-state index >= 15 is 0 Å². The second-order valence-corrected chi connectivity index (χ2v) is 4.28. The first kappa shape index (κ1) is 11.5. The average molecular weight is 237 g/mol. The molecule has 0 atom stereocenters. The van der Waals surface area contributed by atoms with E-state index in [9.17, 15) is 0 Å². The van der Waals surface area contributed by atoms with Crippen LogP contribution in [0.25, 0.3) is 0 Å². The Morgan fingerprint density at radius 2 is 1.94 bits per heavy atom. The number of aryl methyl sites for hydroxylation is 1. The molecule has 86 valence electrons. The Balaban J connectivity index is 1.84. The van der Waals surface area contributed by atoms with Crippen molar-refractivity contribution in [1.82, 2.24) is 0 Å². The number of hydrogen-bond donors (Lipinski definition) is 1. The summed E-state index contributed by atoms with van der Waals surface area (Å²) in [6, 6.07) is 8.12. The second kappa shape index (κ2) is 5.39. The van der Waals surface area contributed by atoms with E-state index in [1.165, 1.54) is 5.56 Å². The van der Waals surface area contributed by atoms with E-state index in [-0.39, 0.29) is 6.29 Å². The van der Waals surface area contributed by atoms with Crippen molar-refractivity contribution in [3.8, 4) is 0 Å². The van der Waals surface area contributed by atoms with Crippen molar-refractivity contribution in [2.45, 2.75) is 19.6 Å². The normalized spacial score (nSPS) is 16.3. The molecule has 0 aliphatic carbocycles. The molecule has 1 N–H and O–H groups in total. The van der Waals surface area contributed by atoms with Crippen LogP contribution in [0.1, 0.15) is 12.0 Å². The van der Waals surface area contributed by atoms with E-state index in [0.29, 0.717) is 19.6 Å². The van der Waals surface area contributed by atoms with Crippen molar-refractivity contribution in [1.29, 1.82) is 0 Å². The van der Waals surface area contributed by atoms with Crippen LogP contribution in [-0.2, 0) is 9.47 Å². The predicted molar refractivity (Wildman–Crippen MR) is 67.7 cm³/mol. The van der Waals surface area contributed by atoms with Gasteiger partial charge in [0.2, 0.25) is 0 Å². The van der Waals surface area contributed by atoms with Gasteiger partial charge in [-0.2, -0.15) is 0 Å². The zero-order chi connectivity index (χ0) is 11.4. The van der Waals surface area contributed by atoms with Gasteiger partial charge in [-0.05, 0) is 19.1 Å². The van der Waals surface area contributed by atoms with Crippen molar-refractivity contribution < 1.29 is 9.47 Å². The molecule has 1 aliphatic heterocycles. The Labute approximate surface area is 101 Å². The Morgan fingerprint density at radius 1 is 1.31 bits per heavy atom. The number of hydrogen-bond acceptors (Lipinski definition) is 3. The first-order valence-electron chi connectivity index (χ1n) is 5.34. The maximum absolute atomic E-state index is 5.33. The van der Waals surface area contributed by atoms with Gasteiger partial charge in [-0.25, -0.2) is 0 Å². The molecular weight excluding hydrogens is 222 g/mol. The monoisotopic (exact) mass is 237 g/mol. The van der Waals surface area contributed by atoms with Crippen LogP contribution >= 0.6 is 12.2 Å². The highest BCUT2D eigenvalue weighted by atomic mass is 32.1. The van der Waals surface area contributed by atoms with Crippen molar-refractivity contribution in [3.05, 3.63) is 29.8 Å². The van der Waals surface area contributed by atoms with Crippen LogP contribution in [-0.4, -0.2) is 24.5 Å². The van der Waals surface area contributed by atoms with Gasteiger partial charge in [0.05, 0.1) is 18.2 Å². The van der Waals surface area contributed by atoms with Gasteiger partial charge in [0, 0.05) is 12.1 Å². The summed E-state index contributed by atoms with van der Waals surface area (Å²) in [6.07, 6.45) is 0.439. The molecule has 0 radical (unpaired) electrons. The number of benzene rings is 1. The minimum absolute atomic E-state index is 0.176. The first-order valence-corrected chi connectivity index (χ1v) is 5.74. The average Bonchev–Trinajstić information content (AvgIpc) is 2.74. The van der Waals surface area contributed by atoms with Gasteiger partial charge < -0.3 is 14.8 Å². The Hall–Kier alpha value is -0.970. The van der Waals surface area contributed by atoms with Crippen LogP contribution in [0.2, 0.25) is 0 Å². The minimum atomic E-state index is -0.176. The van der Waals surface area contributed by atoms with Gasteiger partial charge >= 0.3 is 0 Å². The Bertz CT molecular complexity index is 358. The maximum atomic E-state index is 5.33. The molecule has 16 heavy (non-hydrogen) atoms. The molecule has 1 aromatic carbocycles. The summed E-state index contributed by atoms with van der Waals surface area (Å²) in [7, 11) is 0. The van der Waals surface area contributed by atoms with Crippen LogP contribution < -0.4 is 5.32 Å². The van der Waals surface area contributed by atoms with Crippen LogP contribution in [0.5, 0.6) is 0 Å². The summed E-state index contributed by atoms with van der Waals surface area (Å²) >= 11 is 5.23. The topological polar surface area (TPSA) is 30.5 Å². The third-order valence-electron chi connectivity index (χ3n) is 2.38. The summed E-state index contributed by atoms with van der Waals surface area (Å²) < 4.78 is 10.7. The lowest BCUT2D eigenvalue weighted by Crippen LogP contribution is -2.18.